The molecule has 2 aromatic carbocycles. The average Bonchev–Trinajstić information content (AvgIpc) is 2.92. The van der Waals surface area contributed by atoms with Gasteiger partial charge in [-0.15, -0.1) is 0 Å². The van der Waals surface area contributed by atoms with Gasteiger partial charge < -0.3 is 37.8 Å². The Balaban J connectivity index is 2.03. The lowest BCUT2D eigenvalue weighted by atomic mass is 10.0. The van der Waals surface area contributed by atoms with Crippen molar-refractivity contribution in [3.05, 3.63) is 69.8 Å². The van der Waals surface area contributed by atoms with Crippen molar-refractivity contribution in [2.45, 2.75) is 44.8 Å². The van der Waals surface area contributed by atoms with E-state index in [1.165, 1.54) is 29.2 Å². The number of nitro benzene ring substituents is 1. The van der Waals surface area contributed by atoms with Gasteiger partial charge in [-0.1, -0.05) is 30.3 Å². The van der Waals surface area contributed by atoms with Gasteiger partial charge in [-0.05, 0) is 43.9 Å². The molecule has 14 nitrogen and oxygen atoms in total. The third-order valence-electron chi connectivity index (χ3n) is 6.00. The molecule has 0 unspecified atom stereocenters. The number of likely N-dealkylation sites (N-methyl/N-ethyl adjacent to an activating group) is 1. The number of nitrogens with zero attached hydrogens (tertiary/aromatic N) is 3. The summed E-state index contributed by atoms with van der Waals surface area (Å²) >= 11 is 0. The first kappa shape index (κ1) is 31.5. The van der Waals surface area contributed by atoms with E-state index >= 15 is 0 Å². The van der Waals surface area contributed by atoms with E-state index < -0.39 is 34.7 Å². The number of guanidine groups is 1. The molecule has 216 valence electrons. The number of aliphatic imine (C=N–C) groups is 1. The maximum Gasteiger partial charge on any atom is 0.274 e. The van der Waals surface area contributed by atoms with E-state index in [4.69, 9.17) is 17.2 Å². The Morgan fingerprint density at radius 3 is 2.40 bits per heavy atom. The minimum atomic E-state index is -1.02. The molecular formula is C26H36N8O6. The van der Waals surface area contributed by atoms with Crippen molar-refractivity contribution >= 4 is 29.4 Å². The third kappa shape index (κ3) is 10.2. The van der Waals surface area contributed by atoms with Crippen molar-refractivity contribution in [1.82, 2.24) is 15.5 Å². The number of aromatic hydroxyl groups is 1. The van der Waals surface area contributed by atoms with E-state index in [-0.39, 0.29) is 56.4 Å². The number of para-hydroxylation sites is 1. The largest absolute Gasteiger partial charge is 0.508 e. The molecule has 0 saturated heterocycles. The summed E-state index contributed by atoms with van der Waals surface area (Å²) in [6.07, 6.45) is 0.697. The summed E-state index contributed by atoms with van der Waals surface area (Å²) in [5.41, 5.74) is 17.7. The molecule has 3 amide bonds. The minimum absolute atomic E-state index is 0.00679. The predicted octanol–water partition coefficient (Wildman–Crippen LogP) is -0.126. The van der Waals surface area contributed by atoms with Crippen LogP contribution in [0.25, 0.3) is 0 Å². The highest BCUT2D eigenvalue weighted by Crippen LogP contribution is 2.19. The minimum Gasteiger partial charge on any atom is -0.508 e. The molecule has 0 fully saturated rings. The van der Waals surface area contributed by atoms with Gasteiger partial charge in [-0.2, -0.15) is 0 Å². The Hall–Kier alpha value is -4.72. The number of amides is 3. The Morgan fingerprint density at radius 1 is 1.10 bits per heavy atom. The lowest BCUT2D eigenvalue weighted by Gasteiger charge is -2.23. The first-order valence-corrected chi connectivity index (χ1v) is 12.7. The molecule has 0 saturated carbocycles. The van der Waals surface area contributed by atoms with E-state index in [0.29, 0.717) is 12.0 Å². The summed E-state index contributed by atoms with van der Waals surface area (Å²) in [6.45, 7) is 1.81. The fourth-order valence-corrected chi connectivity index (χ4v) is 3.83. The predicted molar refractivity (Wildman–Crippen MR) is 149 cm³/mol. The second kappa shape index (κ2) is 15.6. The number of nitrogens with one attached hydrogen (secondary N) is 2. The first-order valence-electron chi connectivity index (χ1n) is 12.7. The van der Waals surface area contributed by atoms with E-state index in [1.54, 1.807) is 31.2 Å². The zero-order valence-electron chi connectivity index (χ0n) is 22.3. The molecule has 9 N–H and O–H groups in total. The Bertz CT molecular complexity index is 1200. The summed E-state index contributed by atoms with van der Waals surface area (Å²) < 4.78 is 0. The third-order valence-corrected chi connectivity index (χ3v) is 6.00. The number of nitrogens with two attached hydrogens (primary N) is 3. The Kier molecular flexibility index (Phi) is 12.3. The normalized spacial score (nSPS) is 12.1. The van der Waals surface area contributed by atoms with Crippen molar-refractivity contribution < 1.29 is 24.4 Å². The Labute approximate surface area is 231 Å². The molecule has 0 aliphatic rings. The van der Waals surface area contributed by atoms with Crippen molar-refractivity contribution in [3.8, 4) is 5.75 Å². The van der Waals surface area contributed by atoms with Gasteiger partial charge in [-0.25, -0.2) is 0 Å². The van der Waals surface area contributed by atoms with Crippen molar-refractivity contribution in [2.24, 2.45) is 22.2 Å². The van der Waals surface area contributed by atoms with Crippen LogP contribution in [0, 0.1) is 10.1 Å². The summed E-state index contributed by atoms with van der Waals surface area (Å²) in [5.74, 6) is -1.66. The maximum absolute atomic E-state index is 13.0. The number of phenolic OH excluding ortho intramolecular Hbond substituents is 1. The molecule has 0 bridgehead atoms. The zero-order valence-corrected chi connectivity index (χ0v) is 22.3. The highest BCUT2D eigenvalue weighted by atomic mass is 16.6. The topological polar surface area (TPSA) is 232 Å². The molecule has 0 radical (unpaired) electrons. The van der Waals surface area contributed by atoms with E-state index in [1.807, 2.05) is 0 Å². The van der Waals surface area contributed by atoms with Crippen LogP contribution in [-0.2, 0) is 27.3 Å². The molecule has 0 heterocycles. The summed E-state index contributed by atoms with van der Waals surface area (Å²) in [4.78, 5) is 54.7. The molecule has 14 heteroatoms. The van der Waals surface area contributed by atoms with Crippen LogP contribution in [-0.4, -0.2) is 70.3 Å². The standard InChI is InChI=1S/C26H36N8O6/c1-2-33(16-18-6-3-4-8-22(18)34(39)40)23(36)15-31-25(38)21(7-5-13-30-26(28)29)32-24(37)20(27)14-17-9-11-19(35)12-10-17/h3-4,6,8-12,20-21,35H,2,5,7,13-16,27H2,1H3,(H,31,38)(H,32,37)(H4,28,29,30)/t20-,21+/m0/s1. The van der Waals surface area contributed by atoms with Crippen LogP contribution in [0.2, 0.25) is 0 Å². The maximum atomic E-state index is 13.0. The molecule has 0 aliphatic carbocycles. The molecular weight excluding hydrogens is 520 g/mol. The fraction of sp³-hybridized carbons (Fsp3) is 0.385. The van der Waals surface area contributed by atoms with Crippen LogP contribution in [0.5, 0.6) is 5.75 Å². The van der Waals surface area contributed by atoms with Crippen molar-refractivity contribution in [2.75, 3.05) is 19.6 Å². The Morgan fingerprint density at radius 2 is 1.77 bits per heavy atom. The number of carbonyl (C=O) groups is 3. The van der Waals surface area contributed by atoms with Gasteiger partial charge in [0.2, 0.25) is 17.7 Å². The van der Waals surface area contributed by atoms with Crippen molar-refractivity contribution in [1.29, 1.82) is 0 Å². The summed E-state index contributed by atoms with van der Waals surface area (Å²) in [7, 11) is 0. The van der Waals surface area contributed by atoms with Crippen LogP contribution in [0.15, 0.2) is 53.5 Å². The van der Waals surface area contributed by atoms with Gasteiger partial charge in [0.1, 0.15) is 11.8 Å². The van der Waals surface area contributed by atoms with Crippen LogP contribution < -0.4 is 27.8 Å². The van der Waals surface area contributed by atoms with Crippen LogP contribution >= 0.6 is 0 Å². The molecule has 2 aromatic rings. The van der Waals surface area contributed by atoms with Gasteiger partial charge in [0.25, 0.3) is 5.69 Å². The quantitative estimate of drug-likeness (QED) is 0.0563. The van der Waals surface area contributed by atoms with Crippen molar-refractivity contribution in [3.63, 3.8) is 0 Å². The number of carbonyl (C=O) groups excluding carboxylic acids is 3. The fourth-order valence-electron chi connectivity index (χ4n) is 3.83. The first-order chi connectivity index (χ1) is 19.0. The SMILES string of the molecule is CCN(Cc1ccccc1[N+](=O)[O-])C(=O)CNC(=O)[C@@H](CCCN=C(N)N)NC(=O)[C@@H](N)Cc1ccc(O)cc1. The van der Waals surface area contributed by atoms with Crippen LogP contribution in [0.3, 0.4) is 0 Å². The lowest BCUT2D eigenvalue weighted by molar-refractivity contribution is -0.385. The number of nitro groups is 1. The van der Waals surface area contributed by atoms with E-state index in [2.05, 4.69) is 15.6 Å². The van der Waals surface area contributed by atoms with Gasteiger partial charge in [0.05, 0.1) is 24.1 Å². The number of rotatable bonds is 15. The zero-order chi connectivity index (χ0) is 29.7. The van der Waals surface area contributed by atoms with Gasteiger partial charge in [-0.3, -0.25) is 29.5 Å². The molecule has 40 heavy (non-hydrogen) atoms. The average molecular weight is 557 g/mol. The highest BCUT2D eigenvalue weighted by molar-refractivity contribution is 5.92. The summed E-state index contributed by atoms with van der Waals surface area (Å²) in [6, 6.07) is 10.3. The molecule has 0 aromatic heterocycles. The number of hydrogen-bond donors (Lipinski definition) is 6. The number of benzene rings is 2. The second-order valence-corrected chi connectivity index (χ2v) is 9.00. The second-order valence-electron chi connectivity index (χ2n) is 9.00. The van der Waals surface area contributed by atoms with Crippen LogP contribution in [0.1, 0.15) is 30.9 Å². The molecule has 0 aliphatic heterocycles. The van der Waals surface area contributed by atoms with E-state index in [9.17, 15) is 29.6 Å². The monoisotopic (exact) mass is 556 g/mol. The van der Waals surface area contributed by atoms with Crippen LogP contribution in [0.4, 0.5) is 5.69 Å². The molecule has 2 rings (SSSR count). The van der Waals surface area contributed by atoms with E-state index in [0.717, 1.165) is 5.56 Å². The summed E-state index contributed by atoms with van der Waals surface area (Å²) in [5, 5.41) is 25.9. The highest BCUT2D eigenvalue weighted by Gasteiger charge is 2.25. The lowest BCUT2D eigenvalue weighted by Crippen LogP contribution is -2.53. The number of phenols is 1. The van der Waals surface area contributed by atoms with Gasteiger partial charge >= 0.3 is 0 Å². The number of hydrogen-bond acceptors (Lipinski definition) is 8. The smallest absolute Gasteiger partial charge is 0.274 e. The van der Waals surface area contributed by atoms with Gasteiger partial charge in [0.15, 0.2) is 5.96 Å². The van der Waals surface area contributed by atoms with Gasteiger partial charge in [0, 0.05) is 24.7 Å². The molecule has 0 spiro atoms. The molecule has 2 atom stereocenters.